The largest absolute Gasteiger partial charge is 0.496 e. The summed E-state index contributed by atoms with van der Waals surface area (Å²) in [6, 6.07) is 9.83. The van der Waals surface area contributed by atoms with Gasteiger partial charge in [-0.1, -0.05) is 30.3 Å². The van der Waals surface area contributed by atoms with Crippen LogP contribution in [0, 0.1) is 0 Å². The predicted molar refractivity (Wildman–Crippen MR) is 101 cm³/mol. The fourth-order valence-corrected chi connectivity index (χ4v) is 2.03. The third kappa shape index (κ3) is 5.74. The minimum Gasteiger partial charge on any atom is -0.496 e. The van der Waals surface area contributed by atoms with Gasteiger partial charge in [0, 0.05) is 25.2 Å². The van der Waals surface area contributed by atoms with E-state index in [9.17, 15) is 0 Å². The number of para-hydroxylation sites is 1. The summed E-state index contributed by atoms with van der Waals surface area (Å²) in [5, 5.41) is 10.4. The van der Waals surface area contributed by atoms with Crippen molar-refractivity contribution < 1.29 is 9.26 Å². The molecule has 6 nitrogen and oxygen atoms in total. The van der Waals surface area contributed by atoms with Crippen molar-refractivity contribution in [2.75, 3.05) is 14.2 Å². The molecular weight excluding hydrogens is 407 g/mol. The first kappa shape index (κ1) is 19.3. The van der Waals surface area contributed by atoms with Crippen molar-refractivity contribution in [3.63, 3.8) is 0 Å². The van der Waals surface area contributed by atoms with Crippen molar-refractivity contribution >= 4 is 29.9 Å². The Hall–Kier alpha value is -1.77. The minimum atomic E-state index is 0. The lowest BCUT2D eigenvalue weighted by Crippen LogP contribution is -2.36. The number of nitrogens with zero attached hydrogens (tertiary/aromatic N) is 2. The lowest BCUT2D eigenvalue weighted by molar-refractivity contribution is 0.374. The molecule has 0 aliphatic carbocycles. The standard InChI is InChI=1S/C16H22N4O2.HI/c1-4-13-9-14(22-20-13)11-19-16(17-2)18-10-12-7-5-6-8-15(12)21-3;/h5-9H,4,10-11H2,1-3H3,(H2,17,18,19);1H. The molecule has 0 unspecified atom stereocenters. The zero-order chi connectivity index (χ0) is 15.8. The van der Waals surface area contributed by atoms with Gasteiger partial charge in [0.05, 0.1) is 19.3 Å². The number of guanidine groups is 1. The molecule has 0 atom stereocenters. The summed E-state index contributed by atoms with van der Waals surface area (Å²) in [6.07, 6.45) is 0.865. The molecule has 23 heavy (non-hydrogen) atoms. The topological polar surface area (TPSA) is 71.7 Å². The summed E-state index contributed by atoms with van der Waals surface area (Å²) in [7, 11) is 3.40. The quantitative estimate of drug-likeness (QED) is 0.419. The van der Waals surface area contributed by atoms with Gasteiger partial charge in [0.25, 0.3) is 0 Å². The number of rotatable bonds is 6. The Morgan fingerprint density at radius 3 is 2.65 bits per heavy atom. The minimum absolute atomic E-state index is 0. The molecule has 0 saturated carbocycles. The number of hydrogen-bond donors (Lipinski definition) is 2. The van der Waals surface area contributed by atoms with Crippen LogP contribution >= 0.6 is 24.0 Å². The summed E-state index contributed by atoms with van der Waals surface area (Å²) in [6.45, 7) is 3.21. The number of methoxy groups -OCH3 is 1. The van der Waals surface area contributed by atoms with Crippen molar-refractivity contribution in [2.45, 2.75) is 26.4 Å². The van der Waals surface area contributed by atoms with E-state index in [2.05, 4.69) is 20.8 Å². The van der Waals surface area contributed by atoms with Crippen molar-refractivity contribution in [1.29, 1.82) is 0 Å². The summed E-state index contributed by atoms with van der Waals surface area (Å²) >= 11 is 0. The average molecular weight is 430 g/mol. The number of benzene rings is 1. The van der Waals surface area contributed by atoms with Crippen molar-refractivity contribution in [3.8, 4) is 5.75 Å². The second-order valence-corrected chi connectivity index (χ2v) is 4.73. The number of aromatic nitrogens is 1. The summed E-state index contributed by atoms with van der Waals surface area (Å²) < 4.78 is 10.6. The maximum atomic E-state index is 5.33. The highest BCUT2D eigenvalue weighted by Crippen LogP contribution is 2.16. The van der Waals surface area contributed by atoms with Gasteiger partial charge in [-0.2, -0.15) is 0 Å². The van der Waals surface area contributed by atoms with Crippen LogP contribution in [-0.2, 0) is 19.5 Å². The molecule has 0 spiro atoms. The highest BCUT2D eigenvalue weighted by Gasteiger charge is 2.06. The maximum Gasteiger partial charge on any atom is 0.191 e. The number of nitrogens with one attached hydrogen (secondary N) is 2. The Bertz CT molecular complexity index is 628. The Morgan fingerprint density at radius 1 is 1.26 bits per heavy atom. The molecule has 1 aromatic heterocycles. The van der Waals surface area contributed by atoms with E-state index in [1.54, 1.807) is 14.2 Å². The lowest BCUT2D eigenvalue weighted by atomic mass is 10.2. The van der Waals surface area contributed by atoms with Crippen LogP contribution < -0.4 is 15.4 Å². The molecule has 1 aromatic carbocycles. The molecule has 0 aliphatic heterocycles. The van der Waals surface area contributed by atoms with E-state index in [0.717, 1.165) is 29.2 Å². The van der Waals surface area contributed by atoms with Crippen LogP contribution in [0.5, 0.6) is 5.75 Å². The van der Waals surface area contributed by atoms with Gasteiger partial charge in [0.1, 0.15) is 5.75 Å². The molecule has 0 aliphatic rings. The van der Waals surface area contributed by atoms with Gasteiger partial charge in [-0.15, -0.1) is 24.0 Å². The van der Waals surface area contributed by atoms with E-state index in [4.69, 9.17) is 9.26 Å². The second kappa shape index (κ2) is 10.1. The number of aliphatic imine (C=N–C) groups is 1. The molecule has 7 heteroatoms. The van der Waals surface area contributed by atoms with Gasteiger partial charge in [-0.3, -0.25) is 4.99 Å². The van der Waals surface area contributed by atoms with Crippen LogP contribution in [0.15, 0.2) is 39.8 Å². The van der Waals surface area contributed by atoms with Gasteiger partial charge in [-0.05, 0) is 12.5 Å². The Kier molecular flexibility index (Phi) is 8.46. The van der Waals surface area contributed by atoms with Crippen molar-refractivity contribution in [1.82, 2.24) is 15.8 Å². The monoisotopic (exact) mass is 430 g/mol. The third-order valence-electron chi connectivity index (χ3n) is 3.26. The maximum absolute atomic E-state index is 5.33. The van der Waals surface area contributed by atoms with Gasteiger partial charge in [0.15, 0.2) is 11.7 Å². The van der Waals surface area contributed by atoms with Gasteiger partial charge in [-0.25, -0.2) is 0 Å². The molecule has 2 rings (SSSR count). The smallest absolute Gasteiger partial charge is 0.191 e. The number of halogens is 1. The van der Waals surface area contributed by atoms with Crippen molar-refractivity contribution in [2.24, 2.45) is 4.99 Å². The highest BCUT2D eigenvalue weighted by molar-refractivity contribution is 14.0. The first-order chi connectivity index (χ1) is 10.8. The molecule has 2 aromatic rings. The normalized spacial score (nSPS) is 10.8. The van der Waals surface area contributed by atoms with E-state index in [-0.39, 0.29) is 24.0 Å². The molecular formula is C16H23IN4O2. The van der Waals surface area contributed by atoms with Gasteiger partial charge < -0.3 is 19.9 Å². The zero-order valence-corrected chi connectivity index (χ0v) is 16.0. The van der Waals surface area contributed by atoms with Crippen LogP contribution in [0.4, 0.5) is 0 Å². The van der Waals surface area contributed by atoms with E-state index in [1.165, 1.54) is 0 Å². The second-order valence-electron chi connectivity index (χ2n) is 4.73. The molecule has 0 saturated heterocycles. The van der Waals surface area contributed by atoms with Gasteiger partial charge >= 0.3 is 0 Å². The number of ether oxygens (including phenoxy) is 1. The average Bonchev–Trinajstić information content (AvgIpc) is 3.03. The summed E-state index contributed by atoms with van der Waals surface area (Å²) in [4.78, 5) is 4.19. The molecule has 2 N–H and O–H groups in total. The fraction of sp³-hybridized carbons (Fsp3) is 0.375. The Morgan fingerprint density at radius 2 is 2.00 bits per heavy atom. The molecule has 1 heterocycles. The third-order valence-corrected chi connectivity index (χ3v) is 3.26. The van der Waals surface area contributed by atoms with E-state index >= 15 is 0 Å². The zero-order valence-electron chi connectivity index (χ0n) is 13.6. The molecule has 0 bridgehead atoms. The summed E-state index contributed by atoms with van der Waals surface area (Å²) in [5.74, 6) is 2.34. The van der Waals surface area contributed by atoms with E-state index < -0.39 is 0 Å². The van der Waals surface area contributed by atoms with Crippen molar-refractivity contribution in [3.05, 3.63) is 47.3 Å². The SMILES string of the molecule is CCc1cc(CNC(=NC)NCc2ccccc2OC)on1.I. The van der Waals surface area contributed by atoms with Crippen LogP contribution in [0.1, 0.15) is 23.9 Å². The lowest BCUT2D eigenvalue weighted by Gasteiger charge is -2.12. The van der Waals surface area contributed by atoms with Gasteiger partial charge in [0.2, 0.25) is 0 Å². The first-order valence-corrected chi connectivity index (χ1v) is 7.27. The Labute approximate surface area is 153 Å². The van der Waals surface area contributed by atoms with E-state index in [1.807, 2.05) is 37.3 Å². The van der Waals surface area contributed by atoms with E-state index in [0.29, 0.717) is 19.0 Å². The van der Waals surface area contributed by atoms with Crippen LogP contribution in [-0.4, -0.2) is 25.3 Å². The van der Waals surface area contributed by atoms with Crippen LogP contribution in [0.25, 0.3) is 0 Å². The summed E-state index contributed by atoms with van der Waals surface area (Å²) in [5.41, 5.74) is 2.02. The molecule has 126 valence electrons. The first-order valence-electron chi connectivity index (χ1n) is 7.27. The molecule has 0 fully saturated rings. The predicted octanol–water partition coefficient (Wildman–Crippen LogP) is 2.73. The highest BCUT2D eigenvalue weighted by atomic mass is 127. The Balaban J connectivity index is 0.00000264. The van der Waals surface area contributed by atoms with Crippen LogP contribution in [0.3, 0.4) is 0 Å². The fourth-order valence-electron chi connectivity index (χ4n) is 2.03. The number of hydrogen-bond acceptors (Lipinski definition) is 4. The molecule has 0 radical (unpaired) electrons. The van der Waals surface area contributed by atoms with Crippen LogP contribution in [0.2, 0.25) is 0 Å². The molecule has 0 amide bonds. The number of aryl methyl sites for hydroxylation is 1.